The van der Waals surface area contributed by atoms with E-state index in [0.29, 0.717) is 18.2 Å². The molecule has 6 heteroatoms. The van der Waals surface area contributed by atoms with E-state index < -0.39 is 11.6 Å². The molecule has 0 aromatic heterocycles. The van der Waals surface area contributed by atoms with Gasteiger partial charge in [0.05, 0.1) is 0 Å². The van der Waals surface area contributed by atoms with E-state index >= 15 is 0 Å². The van der Waals surface area contributed by atoms with Gasteiger partial charge in [0.2, 0.25) is 0 Å². The molecule has 6 nitrogen and oxygen atoms in total. The molecule has 90 valence electrons. The largest absolute Gasteiger partial charge is 0.361 e. The van der Waals surface area contributed by atoms with Crippen LogP contribution in [0.5, 0.6) is 0 Å². The Morgan fingerprint density at radius 1 is 1.17 bits per heavy atom. The third-order valence-corrected chi connectivity index (χ3v) is 2.39. The van der Waals surface area contributed by atoms with Gasteiger partial charge < -0.3 is 11.1 Å². The van der Waals surface area contributed by atoms with Gasteiger partial charge in [-0.1, -0.05) is 25.1 Å². The summed E-state index contributed by atoms with van der Waals surface area (Å²) in [6.07, 6.45) is 1.97. The molecular formula is C12H10N4O2. The van der Waals surface area contributed by atoms with Crippen LogP contribution in [0.4, 0.5) is 0 Å². The van der Waals surface area contributed by atoms with Crippen LogP contribution in [0.1, 0.15) is 33.2 Å². The van der Waals surface area contributed by atoms with Crippen molar-refractivity contribution in [3.63, 3.8) is 0 Å². The first-order valence-corrected chi connectivity index (χ1v) is 5.21. The molecule has 0 aliphatic heterocycles. The van der Waals surface area contributed by atoms with Crippen LogP contribution in [-0.2, 0) is 6.42 Å². The van der Waals surface area contributed by atoms with Crippen LogP contribution in [0, 0.1) is 0 Å². The number of carbonyl (C=O) groups is 2. The molecule has 0 heterocycles. The van der Waals surface area contributed by atoms with Crippen LogP contribution < -0.4 is 0 Å². The topological polar surface area (TPSA) is 107 Å². The molecule has 0 N–H and O–H groups in total. The van der Waals surface area contributed by atoms with Crippen LogP contribution in [0.3, 0.4) is 0 Å². The lowest BCUT2D eigenvalue weighted by molar-refractivity contribution is 0.00183. The molecule has 0 aliphatic carbocycles. The Hall–Kier alpha value is -2.68. The Morgan fingerprint density at radius 3 is 2.33 bits per heavy atom. The van der Waals surface area contributed by atoms with E-state index in [0.717, 1.165) is 6.21 Å². The zero-order valence-electron chi connectivity index (χ0n) is 9.70. The summed E-state index contributed by atoms with van der Waals surface area (Å²) in [6, 6.07) is 4.77. The number of hydrogen-bond donors (Lipinski definition) is 0. The normalized spacial score (nSPS) is 8.94. The van der Waals surface area contributed by atoms with Gasteiger partial charge in [-0.2, -0.15) is 9.58 Å². The van der Waals surface area contributed by atoms with Crippen LogP contribution in [0.25, 0.3) is 11.1 Å². The number of aryl methyl sites for hydroxylation is 1. The second-order valence-corrected chi connectivity index (χ2v) is 3.41. The molecule has 18 heavy (non-hydrogen) atoms. The Labute approximate surface area is 103 Å². The molecule has 0 aliphatic rings. The number of rotatable bonds is 5. The fourth-order valence-electron chi connectivity index (χ4n) is 1.63. The first kappa shape index (κ1) is 13.4. The maximum absolute atomic E-state index is 11.8. The highest BCUT2D eigenvalue weighted by atomic mass is 16.1. The molecule has 0 bridgehead atoms. The number of benzene rings is 1. The quantitative estimate of drug-likeness (QED) is 0.335. The van der Waals surface area contributed by atoms with Crippen LogP contribution in [0.15, 0.2) is 18.2 Å². The van der Waals surface area contributed by atoms with Gasteiger partial charge in [-0.15, -0.1) is 0 Å². The highest BCUT2D eigenvalue weighted by molar-refractivity contribution is 6.41. The maximum atomic E-state index is 11.8. The lowest BCUT2D eigenvalue weighted by Crippen LogP contribution is -2.14. The zero-order valence-corrected chi connectivity index (χ0v) is 9.70. The SMILES string of the molecule is CCc1cccc(C(=O)C=[N+]=[N-])c1C(=O)C=[N+]=[N-]. The highest BCUT2D eigenvalue weighted by Crippen LogP contribution is 2.16. The van der Waals surface area contributed by atoms with Gasteiger partial charge in [-0.25, -0.2) is 0 Å². The van der Waals surface area contributed by atoms with Crippen molar-refractivity contribution >= 4 is 24.0 Å². The monoisotopic (exact) mass is 242 g/mol. The molecule has 0 atom stereocenters. The van der Waals surface area contributed by atoms with E-state index in [-0.39, 0.29) is 11.1 Å². The Bertz CT molecular complexity index is 594. The van der Waals surface area contributed by atoms with Gasteiger partial charge in [-0.05, 0) is 12.0 Å². The highest BCUT2D eigenvalue weighted by Gasteiger charge is 2.21. The standard InChI is InChI=1S/C12H10N4O2/c1-2-8-4-3-5-9(10(17)6-15-13)12(8)11(18)7-16-14/h3-7H,2H2,1H3. The number of ketones is 2. The minimum atomic E-state index is -0.595. The van der Waals surface area contributed by atoms with Gasteiger partial charge in [0.1, 0.15) is 0 Å². The van der Waals surface area contributed by atoms with Crippen molar-refractivity contribution in [3.05, 3.63) is 46.0 Å². The van der Waals surface area contributed by atoms with E-state index in [4.69, 9.17) is 11.1 Å². The second-order valence-electron chi connectivity index (χ2n) is 3.41. The third kappa shape index (κ3) is 2.71. The van der Waals surface area contributed by atoms with E-state index in [1.165, 1.54) is 6.07 Å². The van der Waals surface area contributed by atoms with Gasteiger partial charge in [-0.3, -0.25) is 9.59 Å². The summed E-state index contributed by atoms with van der Waals surface area (Å²) in [4.78, 5) is 28.8. The van der Waals surface area contributed by atoms with Gasteiger partial charge in [0.15, 0.2) is 0 Å². The fourth-order valence-corrected chi connectivity index (χ4v) is 1.63. The summed E-state index contributed by atoms with van der Waals surface area (Å²) in [5.74, 6) is -1.17. The van der Waals surface area contributed by atoms with Crippen molar-refractivity contribution in [2.45, 2.75) is 13.3 Å². The van der Waals surface area contributed by atoms with E-state index in [9.17, 15) is 9.59 Å². The van der Waals surface area contributed by atoms with Crippen molar-refractivity contribution < 1.29 is 19.2 Å². The summed E-state index contributed by atoms with van der Waals surface area (Å²) < 4.78 is 0. The number of nitrogens with zero attached hydrogens (tertiary/aromatic N) is 4. The van der Waals surface area contributed by atoms with Crippen LogP contribution >= 0.6 is 0 Å². The van der Waals surface area contributed by atoms with Crippen LogP contribution in [0.2, 0.25) is 0 Å². The number of carbonyl (C=O) groups excluding carboxylic acids is 2. The molecule has 0 unspecified atom stereocenters. The maximum Gasteiger partial charge on any atom is 0.328 e. The lowest BCUT2D eigenvalue weighted by atomic mass is 9.94. The Balaban J connectivity index is 3.51. The average molecular weight is 242 g/mol. The van der Waals surface area contributed by atoms with Crippen molar-refractivity contribution in [2.75, 3.05) is 0 Å². The first-order valence-electron chi connectivity index (χ1n) is 5.21. The first-order chi connectivity index (χ1) is 8.65. The molecule has 0 saturated carbocycles. The van der Waals surface area contributed by atoms with Crippen molar-refractivity contribution in [2.24, 2.45) is 0 Å². The second kappa shape index (κ2) is 6.15. The molecule has 1 rings (SSSR count). The minimum Gasteiger partial charge on any atom is -0.361 e. The molecule has 0 radical (unpaired) electrons. The van der Waals surface area contributed by atoms with E-state index in [1.54, 1.807) is 12.1 Å². The number of hydrogen-bond acceptors (Lipinski definition) is 2. The molecule has 0 saturated heterocycles. The summed E-state index contributed by atoms with van der Waals surface area (Å²) in [6.45, 7) is 1.83. The molecule has 1 aromatic rings. The lowest BCUT2D eigenvalue weighted by Gasteiger charge is -2.06. The van der Waals surface area contributed by atoms with Gasteiger partial charge in [0, 0.05) is 11.1 Å². The molecule has 0 fully saturated rings. The molecule has 0 spiro atoms. The van der Waals surface area contributed by atoms with E-state index in [2.05, 4.69) is 9.58 Å². The fraction of sp³-hybridized carbons (Fsp3) is 0.167. The van der Waals surface area contributed by atoms with Gasteiger partial charge >= 0.3 is 12.4 Å². The third-order valence-electron chi connectivity index (χ3n) is 2.39. The summed E-state index contributed by atoms with van der Waals surface area (Å²) >= 11 is 0. The number of Topliss-reactive ketones (excluding diaryl/α,β-unsaturated/α-hetero) is 2. The van der Waals surface area contributed by atoms with Crippen molar-refractivity contribution in [1.82, 2.24) is 0 Å². The smallest absolute Gasteiger partial charge is 0.328 e. The average Bonchev–Trinajstić information content (AvgIpc) is 2.38. The Morgan fingerprint density at radius 2 is 1.78 bits per heavy atom. The molecule has 1 aromatic carbocycles. The molecule has 0 amide bonds. The zero-order chi connectivity index (χ0) is 13.5. The summed E-state index contributed by atoms with van der Waals surface area (Å²) in [7, 11) is 0. The summed E-state index contributed by atoms with van der Waals surface area (Å²) in [5, 5.41) is 0. The van der Waals surface area contributed by atoms with Gasteiger partial charge in [0.25, 0.3) is 11.6 Å². The molecular weight excluding hydrogens is 232 g/mol. The van der Waals surface area contributed by atoms with Crippen molar-refractivity contribution in [1.29, 1.82) is 0 Å². The van der Waals surface area contributed by atoms with Crippen molar-refractivity contribution in [3.8, 4) is 0 Å². The summed E-state index contributed by atoms with van der Waals surface area (Å²) in [5.41, 5.74) is 17.7. The van der Waals surface area contributed by atoms with Crippen LogP contribution in [-0.4, -0.2) is 33.6 Å². The Kier molecular flexibility index (Phi) is 4.58. The predicted octanol–water partition coefficient (Wildman–Crippen LogP) is 1.22. The van der Waals surface area contributed by atoms with E-state index in [1.807, 2.05) is 6.92 Å². The predicted molar refractivity (Wildman–Crippen MR) is 63.8 cm³/mol. The minimum absolute atomic E-state index is 0.108.